The second-order valence-corrected chi connectivity index (χ2v) is 7.46. The Bertz CT molecular complexity index is 988. The van der Waals surface area contributed by atoms with Crippen molar-refractivity contribution in [2.24, 2.45) is 10.2 Å². The number of aryl methyl sites for hydroxylation is 1. The fourth-order valence-corrected chi connectivity index (χ4v) is 3.90. The van der Waals surface area contributed by atoms with Gasteiger partial charge in [0.25, 0.3) is 5.91 Å². The molecule has 0 atom stereocenters. The molecule has 0 bridgehead atoms. The zero-order valence-electron chi connectivity index (χ0n) is 16.4. The summed E-state index contributed by atoms with van der Waals surface area (Å²) < 4.78 is 1.83. The van der Waals surface area contributed by atoms with E-state index in [2.05, 4.69) is 34.0 Å². The van der Waals surface area contributed by atoms with Gasteiger partial charge >= 0.3 is 0 Å². The van der Waals surface area contributed by atoms with Crippen LogP contribution in [0.15, 0.2) is 39.9 Å². The Morgan fingerprint density at radius 2 is 2.04 bits per heavy atom. The minimum Gasteiger partial charge on any atom is -0.493 e. The third kappa shape index (κ3) is 4.45. The van der Waals surface area contributed by atoms with E-state index in [9.17, 15) is 9.90 Å². The monoisotopic (exact) mass is 399 g/mol. The number of carbonyl (C=O) groups excluding carboxylic acids is 1. The molecule has 0 aliphatic rings. The number of aromatic hydroxyl groups is 1. The van der Waals surface area contributed by atoms with E-state index in [1.807, 2.05) is 41.1 Å². The van der Waals surface area contributed by atoms with Crippen molar-refractivity contribution in [3.63, 3.8) is 0 Å². The summed E-state index contributed by atoms with van der Waals surface area (Å²) in [6, 6.07) is 7.63. The number of benzene rings is 1. The predicted molar refractivity (Wildman–Crippen MR) is 111 cm³/mol. The van der Waals surface area contributed by atoms with Gasteiger partial charge in [0.1, 0.15) is 5.01 Å². The Balaban J connectivity index is 1.84. The molecule has 3 aromatic rings. The zero-order valence-corrected chi connectivity index (χ0v) is 17.2. The lowest BCUT2D eigenvalue weighted by Gasteiger charge is -2.18. The third-order valence-electron chi connectivity index (χ3n) is 4.68. The molecule has 0 unspecified atom stereocenters. The van der Waals surface area contributed by atoms with Gasteiger partial charge in [-0.05, 0) is 26.1 Å². The molecular weight excluding hydrogens is 374 g/mol. The molecule has 3 rings (SSSR count). The molecule has 0 aliphatic heterocycles. The van der Waals surface area contributed by atoms with Crippen LogP contribution in [0.2, 0.25) is 0 Å². The quantitative estimate of drug-likeness (QED) is 0.572. The minimum absolute atomic E-state index is 0.0370. The van der Waals surface area contributed by atoms with E-state index >= 15 is 0 Å². The Hall–Kier alpha value is -2.58. The van der Waals surface area contributed by atoms with Crippen molar-refractivity contribution in [2.45, 2.75) is 33.7 Å². The lowest BCUT2D eigenvalue weighted by Crippen LogP contribution is -2.26. The van der Waals surface area contributed by atoms with Crippen molar-refractivity contribution >= 4 is 33.8 Å². The minimum atomic E-state index is -0.381. The van der Waals surface area contributed by atoms with Crippen molar-refractivity contribution in [1.29, 1.82) is 0 Å². The number of nitrogens with zero attached hydrogens (tertiary/aromatic N) is 5. The number of amides is 1. The van der Waals surface area contributed by atoms with Gasteiger partial charge in [0, 0.05) is 29.5 Å². The number of aromatic nitrogens is 2. The van der Waals surface area contributed by atoms with Crippen LogP contribution < -0.4 is 0 Å². The molecule has 0 aliphatic carbocycles. The number of azo groups is 1. The molecule has 8 heteroatoms. The van der Waals surface area contributed by atoms with E-state index in [1.165, 1.54) is 11.3 Å². The SMILES string of the molecule is CCN(CC)CCn1c(O)c(N=NC(=O)Cc2nc(C)cs2)c2ccccc21. The summed E-state index contributed by atoms with van der Waals surface area (Å²) in [4.78, 5) is 18.7. The predicted octanol–water partition coefficient (Wildman–Crippen LogP) is 4.31. The summed E-state index contributed by atoms with van der Waals surface area (Å²) in [5.41, 5.74) is 2.10. The Labute approximate surface area is 168 Å². The first-order valence-corrected chi connectivity index (χ1v) is 10.3. The average Bonchev–Trinajstić information content (AvgIpc) is 3.21. The van der Waals surface area contributed by atoms with E-state index in [1.54, 1.807) is 0 Å². The molecule has 28 heavy (non-hydrogen) atoms. The van der Waals surface area contributed by atoms with Crippen LogP contribution in [0, 0.1) is 6.92 Å². The molecule has 148 valence electrons. The molecule has 2 heterocycles. The van der Waals surface area contributed by atoms with Gasteiger partial charge in [-0.15, -0.1) is 21.6 Å². The molecule has 0 fully saturated rings. The highest BCUT2D eigenvalue weighted by atomic mass is 32.1. The first-order chi connectivity index (χ1) is 13.5. The number of hydrogen-bond donors (Lipinski definition) is 1. The average molecular weight is 400 g/mol. The highest BCUT2D eigenvalue weighted by Gasteiger charge is 2.17. The molecule has 1 amide bonds. The van der Waals surface area contributed by atoms with E-state index in [4.69, 9.17) is 0 Å². The molecule has 1 N–H and O–H groups in total. The van der Waals surface area contributed by atoms with Crippen molar-refractivity contribution in [1.82, 2.24) is 14.5 Å². The van der Waals surface area contributed by atoms with Crippen LogP contribution in [0.25, 0.3) is 10.9 Å². The molecular formula is C20H25N5O2S. The summed E-state index contributed by atoms with van der Waals surface area (Å²) in [5, 5.41) is 22.1. The van der Waals surface area contributed by atoms with E-state index in [-0.39, 0.29) is 18.2 Å². The van der Waals surface area contributed by atoms with Crippen LogP contribution in [0.4, 0.5) is 5.69 Å². The number of hydrogen-bond acceptors (Lipinski definition) is 6. The van der Waals surface area contributed by atoms with Crippen molar-refractivity contribution in [3.05, 3.63) is 40.3 Å². The molecule has 0 saturated heterocycles. The van der Waals surface area contributed by atoms with Gasteiger partial charge in [-0.2, -0.15) is 0 Å². The summed E-state index contributed by atoms with van der Waals surface area (Å²) in [6.45, 7) is 9.48. The van der Waals surface area contributed by atoms with Crippen molar-refractivity contribution < 1.29 is 9.90 Å². The number of likely N-dealkylation sites (N-methyl/N-ethyl adjacent to an activating group) is 1. The molecule has 7 nitrogen and oxygen atoms in total. The normalized spacial score (nSPS) is 11.9. The third-order valence-corrected chi connectivity index (χ3v) is 5.65. The number of para-hydroxylation sites is 1. The van der Waals surface area contributed by atoms with Gasteiger partial charge in [-0.25, -0.2) is 4.98 Å². The summed E-state index contributed by atoms with van der Waals surface area (Å²) in [7, 11) is 0. The fraction of sp³-hybridized carbons (Fsp3) is 0.400. The van der Waals surface area contributed by atoms with Gasteiger partial charge in [0.2, 0.25) is 5.88 Å². The van der Waals surface area contributed by atoms with Crippen LogP contribution in [-0.4, -0.2) is 45.1 Å². The Morgan fingerprint density at radius 1 is 1.29 bits per heavy atom. The highest BCUT2D eigenvalue weighted by molar-refractivity contribution is 7.09. The largest absolute Gasteiger partial charge is 0.493 e. The maximum atomic E-state index is 12.2. The zero-order chi connectivity index (χ0) is 20.1. The number of fused-ring (bicyclic) bond motifs is 1. The number of rotatable bonds is 8. The lowest BCUT2D eigenvalue weighted by molar-refractivity contribution is -0.117. The van der Waals surface area contributed by atoms with Crippen LogP contribution >= 0.6 is 11.3 Å². The maximum Gasteiger partial charge on any atom is 0.271 e. The first-order valence-electron chi connectivity index (χ1n) is 9.41. The smallest absolute Gasteiger partial charge is 0.271 e. The lowest BCUT2D eigenvalue weighted by atomic mass is 10.2. The summed E-state index contributed by atoms with van der Waals surface area (Å²) in [5.74, 6) is -0.344. The molecule has 1 aromatic carbocycles. The van der Waals surface area contributed by atoms with Gasteiger partial charge in [0.15, 0.2) is 5.69 Å². The van der Waals surface area contributed by atoms with Crippen molar-refractivity contribution in [2.75, 3.05) is 19.6 Å². The van der Waals surface area contributed by atoms with E-state index in [0.29, 0.717) is 17.2 Å². The number of carbonyl (C=O) groups is 1. The van der Waals surface area contributed by atoms with Crippen LogP contribution in [0.1, 0.15) is 24.5 Å². The van der Waals surface area contributed by atoms with Gasteiger partial charge < -0.3 is 14.6 Å². The second-order valence-electron chi connectivity index (χ2n) is 6.52. The second kappa shape index (κ2) is 9.07. The van der Waals surface area contributed by atoms with Gasteiger partial charge in [0.05, 0.1) is 11.9 Å². The van der Waals surface area contributed by atoms with Crippen LogP contribution in [0.5, 0.6) is 5.88 Å². The molecule has 0 spiro atoms. The Kier molecular flexibility index (Phi) is 6.53. The van der Waals surface area contributed by atoms with Crippen molar-refractivity contribution in [3.8, 4) is 5.88 Å². The maximum absolute atomic E-state index is 12.2. The van der Waals surface area contributed by atoms with Gasteiger partial charge in [-0.3, -0.25) is 4.79 Å². The molecule has 2 aromatic heterocycles. The molecule has 0 radical (unpaired) electrons. The van der Waals surface area contributed by atoms with Crippen LogP contribution in [0.3, 0.4) is 0 Å². The first kappa shape index (κ1) is 20.2. The summed E-state index contributed by atoms with van der Waals surface area (Å²) in [6.07, 6.45) is 0.114. The number of thiazole rings is 1. The van der Waals surface area contributed by atoms with E-state index < -0.39 is 0 Å². The van der Waals surface area contributed by atoms with Gasteiger partial charge in [-0.1, -0.05) is 32.0 Å². The Morgan fingerprint density at radius 3 is 2.71 bits per heavy atom. The molecule has 0 saturated carbocycles. The highest BCUT2D eigenvalue weighted by Crippen LogP contribution is 2.38. The van der Waals surface area contributed by atoms with E-state index in [0.717, 1.165) is 36.2 Å². The topological polar surface area (TPSA) is 83.1 Å². The fourth-order valence-electron chi connectivity index (χ4n) is 3.13. The summed E-state index contributed by atoms with van der Waals surface area (Å²) >= 11 is 1.43. The van der Waals surface area contributed by atoms with Crippen LogP contribution in [-0.2, 0) is 17.8 Å². The standard InChI is InChI=1S/C20H25N5O2S/c1-4-24(5-2)10-11-25-16-9-7-6-8-15(16)19(20(25)27)23-22-17(26)12-18-21-14(3)13-28-18/h6-9,13,27H,4-5,10-12H2,1-3H3.